The van der Waals surface area contributed by atoms with Gasteiger partial charge in [0.1, 0.15) is 5.75 Å². The molecule has 0 aromatic heterocycles. The number of methoxy groups -OCH3 is 1. The van der Waals surface area contributed by atoms with Crippen LogP contribution in [-0.2, 0) is 15.7 Å². The fourth-order valence-corrected chi connectivity index (χ4v) is 2.35. The van der Waals surface area contributed by atoms with Gasteiger partial charge in [0.15, 0.2) is 0 Å². The van der Waals surface area contributed by atoms with Crippen LogP contribution in [0.2, 0.25) is 0 Å². The van der Waals surface area contributed by atoms with Gasteiger partial charge in [0.05, 0.1) is 25.9 Å². The van der Waals surface area contributed by atoms with Crippen LogP contribution in [0.3, 0.4) is 0 Å². The van der Waals surface area contributed by atoms with Crippen LogP contribution in [0.4, 0.5) is 0 Å². The van der Waals surface area contributed by atoms with Crippen molar-refractivity contribution in [1.82, 2.24) is 5.32 Å². The molecule has 1 heterocycles. The number of likely N-dealkylation sites (N-methyl/N-ethyl adjacent to an activating group) is 1. The third kappa shape index (κ3) is 2.13. The lowest BCUT2D eigenvalue weighted by Gasteiger charge is -2.42. The van der Waals surface area contributed by atoms with Crippen molar-refractivity contribution in [1.29, 1.82) is 0 Å². The van der Waals surface area contributed by atoms with E-state index in [9.17, 15) is 0 Å². The predicted molar refractivity (Wildman–Crippen MR) is 73.3 cm³/mol. The highest BCUT2D eigenvalue weighted by Gasteiger charge is 2.39. The lowest BCUT2D eigenvalue weighted by molar-refractivity contribution is -0.0748. The first-order valence-electron chi connectivity index (χ1n) is 6.38. The average Bonchev–Trinajstić information content (AvgIpc) is 2.27. The van der Waals surface area contributed by atoms with Gasteiger partial charge in [0.2, 0.25) is 0 Å². The summed E-state index contributed by atoms with van der Waals surface area (Å²) in [5, 5.41) is 3.38. The first-order chi connectivity index (χ1) is 8.43. The summed E-state index contributed by atoms with van der Waals surface area (Å²) in [5.41, 5.74) is 2.57. The standard InChI is InChI=1S/C15H23NO2/c1-14(2,3)12-8-11(6-7-13(12)17-5)15(16-4)9-18-10-15/h6-8,16H,9-10H2,1-5H3. The Labute approximate surface area is 109 Å². The molecule has 1 N–H and O–H groups in total. The molecule has 1 saturated heterocycles. The highest BCUT2D eigenvalue weighted by atomic mass is 16.5. The van der Waals surface area contributed by atoms with Crippen molar-refractivity contribution in [3.05, 3.63) is 29.3 Å². The molecule has 1 aliphatic rings. The second-order valence-corrected chi connectivity index (χ2v) is 5.99. The van der Waals surface area contributed by atoms with Gasteiger partial charge in [0, 0.05) is 0 Å². The zero-order valence-corrected chi connectivity index (χ0v) is 12.0. The van der Waals surface area contributed by atoms with E-state index < -0.39 is 0 Å². The van der Waals surface area contributed by atoms with E-state index in [0.29, 0.717) is 0 Å². The molecule has 0 radical (unpaired) electrons. The van der Waals surface area contributed by atoms with E-state index in [1.165, 1.54) is 11.1 Å². The smallest absolute Gasteiger partial charge is 0.122 e. The second kappa shape index (κ2) is 4.56. The van der Waals surface area contributed by atoms with E-state index in [1.807, 2.05) is 7.05 Å². The van der Waals surface area contributed by atoms with Gasteiger partial charge in [-0.1, -0.05) is 26.8 Å². The maximum Gasteiger partial charge on any atom is 0.122 e. The number of benzene rings is 1. The number of nitrogens with one attached hydrogen (secondary N) is 1. The number of rotatable bonds is 3. The normalized spacial score (nSPS) is 18.3. The van der Waals surface area contributed by atoms with Crippen molar-refractivity contribution in [3.8, 4) is 5.75 Å². The van der Waals surface area contributed by atoms with E-state index in [0.717, 1.165) is 19.0 Å². The topological polar surface area (TPSA) is 30.5 Å². The summed E-state index contributed by atoms with van der Waals surface area (Å²) in [4.78, 5) is 0. The Balaban J connectivity index is 2.46. The fourth-order valence-electron chi connectivity index (χ4n) is 2.35. The van der Waals surface area contributed by atoms with Crippen LogP contribution in [0, 0.1) is 0 Å². The Hall–Kier alpha value is -1.06. The molecule has 0 aliphatic carbocycles. The van der Waals surface area contributed by atoms with E-state index in [1.54, 1.807) is 7.11 Å². The number of hydrogen-bond acceptors (Lipinski definition) is 3. The van der Waals surface area contributed by atoms with Gasteiger partial charge in [0.25, 0.3) is 0 Å². The molecule has 1 aromatic carbocycles. The van der Waals surface area contributed by atoms with Gasteiger partial charge in [-0.3, -0.25) is 0 Å². The van der Waals surface area contributed by atoms with Gasteiger partial charge in [-0.05, 0) is 35.7 Å². The largest absolute Gasteiger partial charge is 0.496 e. The maximum absolute atomic E-state index is 5.47. The molecule has 0 spiro atoms. The Morgan fingerprint density at radius 3 is 2.33 bits per heavy atom. The van der Waals surface area contributed by atoms with Crippen molar-refractivity contribution in [2.75, 3.05) is 27.4 Å². The monoisotopic (exact) mass is 249 g/mol. The van der Waals surface area contributed by atoms with E-state index in [4.69, 9.17) is 9.47 Å². The van der Waals surface area contributed by atoms with Crippen LogP contribution in [-0.4, -0.2) is 27.4 Å². The quantitative estimate of drug-likeness (QED) is 0.892. The lowest BCUT2D eigenvalue weighted by Crippen LogP contribution is -2.56. The molecule has 3 heteroatoms. The number of hydrogen-bond donors (Lipinski definition) is 1. The molecule has 0 unspecified atom stereocenters. The molecule has 3 nitrogen and oxygen atoms in total. The summed E-state index contributed by atoms with van der Waals surface area (Å²) in [6, 6.07) is 6.44. The van der Waals surface area contributed by atoms with Crippen LogP contribution in [0.1, 0.15) is 31.9 Å². The summed E-state index contributed by atoms with van der Waals surface area (Å²) in [7, 11) is 3.72. The highest BCUT2D eigenvalue weighted by molar-refractivity contribution is 5.44. The van der Waals surface area contributed by atoms with Gasteiger partial charge in [-0.25, -0.2) is 0 Å². The highest BCUT2D eigenvalue weighted by Crippen LogP contribution is 2.37. The minimum atomic E-state index is -0.0216. The SMILES string of the molecule is CNC1(c2ccc(OC)c(C(C)(C)C)c2)COC1. The second-order valence-electron chi connectivity index (χ2n) is 5.99. The van der Waals surface area contributed by atoms with Crippen molar-refractivity contribution in [2.45, 2.75) is 31.7 Å². The maximum atomic E-state index is 5.47. The van der Waals surface area contributed by atoms with Gasteiger partial charge < -0.3 is 14.8 Å². The van der Waals surface area contributed by atoms with Crippen molar-refractivity contribution >= 4 is 0 Å². The Kier molecular flexibility index (Phi) is 3.39. The molecule has 0 saturated carbocycles. The first kappa shape index (κ1) is 13.4. The molecular weight excluding hydrogens is 226 g/mol. The Morgan fingerprint density at radius 1 is 1.28 bits per heavy atom. The van der Waals surface area contributed by atoms with Gasteiger partial charge >= 0.3 is 0 Å². The molecule has 1 aliphatic heterocycles. The zero-order chi connectivity index (χ0) is 13.4. The molecule has 0 atom stereocenters. The van der Waals surface area contributed by atoms with E-state index in [2.05, 4.69) is 44.3 Å². The average molecular weight is 249 g/mol. The third-order valence-electron chi connectivity index (χ3n) is 3.74. The van der Waals surface area contributed by atoms with Crippen LogP contribution in [0.15, 0.2) is 18.2 Å². The fraction of sp³-hybridized carbons (Fsp3) is 0.600. The summed E-state index contributed by atoms with van der Waals surface area (Å²) in [6.07, 6.45) is 0. The number of ether oxygens (including phenoxy) is 2. The van der Waals surface area contributed by atoms with Gasteiger partial charge in [-0.2, -0.15) is 0 Å². The third-order valence-corrected chi connectivity index (χ3v) is 3.74. The van der Waals surface area contributed by atoms with Crippen LogP contribution >= 0.6 is 0 Å². The molecule has 1 aromatic rings. The van der Waals surface area contributed by atoms with E-state index >= 15 is 0 Å². The first-order valence-corrected chi connectivity index (χ1v) is 6.38. The predicted octanol–water partition coefficient (Wildman–Crippen LogP) is 2.44. The van der Waals surface area contributed by atoms with Crippen LogP contribution in [0.5, 0.6) is 5.75 Å². The van der Waals surface area contributed by atoms with E-state index in [-0.39, 0.29) is 11.0 Å². The minimum absolute atomic E-state index is 0.0216. The summed E-state index contributed by atoms with van der Waals surface area (Å²) < 4.78 is 10.8. The minimum Gasteiger partial charge on any atom is -0.496 e. The Bertz CT molecular complexity index is 425. The molecule has 100 valence electrons. The zero-order valence-electron chi connectivity index (χ0n) is 12.0. The van der Waals surface area contributed by atoms with Gasteiger partial charge in [-0.15, -0.1) is 0 Å². The molecule has 18 heavy (non-hydrogen) atoms. The molecular formula is C15H23NO2. The molecule has 0 amide bonds. The summed E-state index contributed by atoms with van der Waals surface area (Å²) in [6.45, 7) is 8.09. The van der Waals surface area contributed by atoms with Crippen LogP contribution in [0.25, 0.3) is 0 Å². The summed E-state index contributed by atoms with van der Waals surface area (Å²) in [5.74, 6) is 0.956. The van der Waals surface area contributed by atoms with Crippen molar-refractivity contribution in [3.63, 3.8) is 0 Å². The van der Waals surface area contributed by atoms with Crippen molar-refractivity contribution in [2.24, 2.45) is 0 Å². The molecule has 1 fully saturated rings. The molecule has 0 bridgehead atoms. The lowest BCUT2D eigenvalue weighted by atomic mass is 9.81. The van der Waals surface area contributed by atoms with Crippen LogP contribution < -0.4 is 10.1 Å². The molecule has 2 rings (SSSR count). The Morgan fingerprint density at radius 2 is 1.94 bits per heavy atom. The van der Waals surface area contributed by atoms with Crippen molar-refractivity contribution < 1.29 is 9.47 Å². The summed E-state index contributed by atoms with van der Waals surface area (Å²) >= 11 is 0.